The van der Waals surface area contributed by atoms with Gasteiger partial charge < -0.3 is 14.2 Å². The summed E-state index contributed by atoms with van der Waals surface area (Å²) in [5, 5.41) is 4.88. The van der Waals surface area contributed by atoms with Gasteiger partial charge in [0.05, 0.1) is 31.9 Å². The minimum absolute atomic E-state index is 0.0875. The van der Waals surface area contributed by atoms with Crippen LogP contribution in [0.5, 0.6) is 11.5 Å². The van der Waals surface area contributed by atoms with Crippen molar-refractivity contribution in [3.05, 3.63) is 34.8 Å². The maximum absolute atomic E-state index is 12.4. The number of rotatable bonds is 5. The highest BCUT2D eigenvalue weighted by Crippen LogP contribution is 2.30. The lowest BCUT2D eigenvalue weighted by Gasteiger charge is -2.09. The first-order chi connectivity index (χ1) is 12.2. The van der Waals surface area contributed by atoms with Crippen molar-refractivity contribution in [2.24, 2.45) is 0 Å². The fourth-order valence-corrected chi connectivity index (χ4v) is 2.98. The summed E-state index contributed by atoms with van der Waals surface area (Å²) >= 11 is 1.26. The Hall–Kier alpha value is -2.61. The molecule has 0 atom stereocenters. The van der Waals surface area contributed by atoms with Crippen molar-refractivity contribution in [3.63, 3.8) is 0 Å². The van der Waals surface area contributed by atoms with Crippen molar-refractivity contribution in [2.45, 2.75) is 19.8 Å². The number of benzene rings is 1. The van der Waals surface area contributed by atoms with E-state index in [0.717, 1.165) is 6.42 Å². The third-order valence-corrected chi connectivity index (χ3v) is 4.22. The smallest absolute Gasteiger partial charge is 0.311 e. The van der Waals surface area contributed by atoms with Crippen LogP contribution >= 0.6 is 11.3 Å². The maximum atomic E-state index is 12.4. The minimum atomic E-state index is -0.339. The third kappa shape index (κ3) is 4.48. The zero-order valence-corrected chi connectivity index (χ0v) is 14.6. The molecule has 0 aliphatic carbocycles. The zero-order chi connectivity index (χ0) is 17.6. The molecule has 1 aromatic heterocycles. The summed E-state index contributed by atoms with van der Waals surface area (Å²) in [5.41, 5.74) is 1.02. The molecule has 0 saturated heterocycles. The number of carbonyl (C=O) groups excluding carboxylic acids is 2. The molecule has 0 spiro atoms. The number of anilines is 1. The second-order valence-corrected chi connectivity index (χ2v) is 6.15. The van der Waals surface area contributed by atoms with Gasteiger partial charge in [-0.25, -0.2) is 4.98 Å². The van der Waals surface area contributed by atoms with E-state index in [0.29, 0.717) is 47.7 Å². The Kier molecular flexibility index (Phi) is 5.49. The normalized spacial score (nSPS) is 13.0. The third-order valence-electron chi connectivity index (χ3n) is 3.41. The van der Waals surface area contributed by atoms with Gasteiger partial charge in [-0.1, -0.05) is 0 Å². The fraction of sp³-hybridized carbons (Fsp3) is 0.353. The van der Waals surface area contributed by atoms with Crippen molar-refractivity contribution < 1.29 is 23.8 Å². The molecule has 2 aromatic rings. The molecule has 0 unspecified atom stereocenters. The van der Waals surface area contributed by atoms with Gasteiger partial charge in [0.1, 0.15) is 0 Å². The Morgan fingerprint density at radius 1 is 1.28 bits per heavy atom. The van der Waals surface area contributed by atoms with Crippen LogP contribution in [0.1, 0.15) is 29.4 Å². The van der Waals surface area contributed by atoms with Crippen LogP contribution in [0.4, 0.5) is 5.13 Å². The first-order valence-corrected chi connectivity index (χ1v) is 8.84. The molecular weight excluding hydrogens is 344 g/mol. The molecule has 2 heterocycles. The van der Waals surface area contributed by atoms with Crippen LogP contribution in [0.15, 0.2) is 23.6 Å². The van der Waals surface area contributed by atoms with E-state index in [1.165, 1.54) is 11.3 Å². The SMILES string of the molecule is CCOC(=O)Cc1csc(NC(=O)c2ccc3c(c2)OCCCO3)n1. The van der Waals surface area contributed by atoms with Gasteiger partial charge >= 0.3 is 5.97 Å². The van der Waals surface area contributed by atoms with Gasteiger partial charge in [0.2, 0.25) is 0 Å². The van der Waals surface area contributed by atoms with E-state index in [2.05, 4.69) is 10.3 Å². The van der Waals surface area contributed by atoms with E-state index < -0.39 is 0 Å². The van der Waals surface area contributed by atoms with E-state index >= 15 is 0 Å². The van der Waals surface area contributed by atoms with Crippen molar-refractivity contribution in [1.82, 2.24) is 4.98 Å². The minimum Gasteiger partial charge on any atom is -0.490 e. The van der Waals surface area contributed by atoms with E-state index in [1.807, 2.05) is 0 Å². The molecule has 1 aliphatic rings. The van der Waals surface area contributed by atoms with Crippen molar-refractivity contribution in [1.29, 1.82) is 0 Å². The first kappa shape index (κ1) is 17.2. The number of nitrogens with one attached hydrogen (secondary N) is 1. The second-order valence-electron chi connectivity index (χ2n) is 5.29. The Bertz CT molecular complexity index is 774. The number of fused-ring (bicyclic) bond motifs is 1. The number of hydrogen-bond acceptors (Lipinski definition) is 7. The molecule has 132 valence electrons. The number of aromatic nitrogens is 1. The van der Waals surface area contributed by atoms with Crippen molar-refractivity contribution in [3.8, 4) is 11.5 Å². The second kappa shape index (κ2) is 7.98. The highest BCUT2D eigenvalue weighted by molar-refractivity contribution is 7.14. The lowest BCUT2D eigenvalue weighted by atomic mass is 10.2. The first-order valence-electron chi connectivity index (χ1n) is 7.96. The highest BCUT2D eigenvalue weighted by Gasteiger charge is 2.16. The van der Waals surface area contributed by atoms with E-state index in [1.54, 1.807) is 30.5 Å². The topological polar surface area (TPSA) is 86.8 Å². The number of nitrogens with zero attached hydrogens (tertiary/aromatic N) is 1. The quantitative estimate of drug-likeness (QED) is 0.823. The Morgan fingerprint density at radius 2 is 2.08 bits per heavy atom. The van der Waals surface area contributed by atoms with Crippen molar-refractivity contribution >= 4 is 28.3 Å². The van der Waals surface area contributed by atoms with E-state index in [4.69, 9.17) is 14.2 Å². The standard InChI is InChI=1S/C17H18N2O5S/c1-2-22-15(20)9-12-10-25-17(18-12)19-16(21)11-4-5-13-14(8-11)24-7-3-6-23-13/h4-5,8,10H,2-3,6-7,9H2,1H3,(H,18,19,21). The summed E-state index contributed by atoms with van der Waals surface area (Å²) in [6, 6.07) is 5.06. The number of carbonyl (C=O) groups is 2. The van der Waals surface area contributed by atoms with Gasteiger partial charge in [-0.15, -0.1) is 11.3 Å². The van der Waals surface area contributed by atoms with Crippen LogP contribution in [0.3, 0.4) is 0 Å². The van der Waals surface area contributed by atoms with Crippen LogP contribution in [0.25, 0.3) is 0 Å². The molecule has 8 heteroatoms. The van der Waals surface area contributed by atoms with Gasteiger partial charge in [0.25, 0.3) is 5.91 Å². The summed E-state index contributed by atoms with van der Waals surface area (Å²) in [6.07, 6.45) is 0.892. The van der Waals surface area contributed by atoms with E-state index in [-0.39, 0.29) is 18.3 Å². The average Bonchev–Trinajstić information content (AvgIpc) is 2.89. The van der Waals surface area contributed by atoms with E-state index in [9.17, 15) is 9.59 Å². The fourth-order valence-electron chi connectivity index (χ4n) is 2.28. The molecule has 7 nitrogen and oxygen atoms in total. The summed E-state index contributed by atoms with van der Waals surface area (Å²) in [5.74, 6) is 0.563. The van der Waals surface area contributed by atoms with Crippen LogP contribution in [-0.2, 0) is 16.0 Å². The van der Waals surface area contributed by atoms with Gasteiger partial charge in [-0.05, 0) is 25.1 Å². The Labute approximate surface area is 148 Å². The van der Waals surface area contributed by atoms with Crippen LogP contribution in [-0.4, -0.2) is 36.7 Å². The lowest BCUT2D eigenvalue weighted by molar-refractivity contribution is -0.142. The molecule has 1 amide bonds. The van der Waals surface area contributed by atoms with Gasteiger partial charge in [0.15, 0.2) is 16.6 Å². The highest BCUT2D eigenvalue weighted by atomic mass is 32.1. The summed E-state index contributed by atoms with van der Waals surface area (Å²) in [7, 11) is 0. The zero-order valence-electron chi connectivity index (χ0n) is 13.7. The molecule has 0 radical (unpaired) electrons. The van der Waals surface area contributed by atoms with Crippen LogP contribution in [0, 0.1) is 0 Å². The van der Waals surface area contributed by atoms with Gasteiger partial charge in [0, 0.05) is 17.4 Å². The number of thiazole rings is 1. The summed E-state index contributed by atoms with van der Waals surface area (Å²) in [6.45, 7) is 3.24. The van der Waals surface area contributed by atoms with Crippen LogP contribution in [0.2, 0.25) is 0 Å². The number of hydrogen-bond donors (Lipinski definition) is 1. The molecular formula is C17H18N2O5S. The van der Waals surface area contributed by atoms with Crippen molar-refractivity contribution in [2.75, 3.05) is 25.1 Å². The number of ether oxygens (including phenoxy) is 3. The monoisotopic (exact) mass is 362 g/mol. The molecule has 1 aromatic carbocycles. The Balaban J connectivity index is 1.65. The van der Waals surface area contributed by atoms with Crippen LogP contribution < -0.4 is 14.8 Å². The summed E-state index contributed by atoms with van der Waals surface area (Å²) < 4.78 is 16.0. The molecule has 1 N–H and O–H groups in total. The largest absolute Gasteiger partial charge is 0.490 e. The van der Waals surface area contributed by atoms with Gasteiger partial charge in [-0.2, -0.15) is 0 Å². The molecule has 25 heavy (non-hydrogen) atoms. The molecule has 0 bridgehead atoms. The Morgan fingerprint density at radius 3 is 2.88 bits per heavy atom. The molecule has 3 rings (SSSR count). The number of amides is 1. The lowest BCUT2D eigenvalue weighted by Crippen LogP contribution is -2.12. The predicted octanol–water partition coefficient (Wildman–Crippen LogP) is 2.66. The molecule has 0 fully saturated rings. The molecule has 0 saturated carbocycles. The van der Waals surface area contributed by atoms with Gasteiger partial charge in [-0.3, -0.25) is 14.9 Å². The predicted molar refractivity (Wildman–Crippen MR) is 92.5 cm³/mol. The summed E-state index contributed by atoms with van der Waals surface area (Å²) in [4.78, 5) is 28.1. The number of esters is 1. The average molecular weight is 362 g/mol. The maximum Gasteiger partial charge on any atom is 0.311 e. The molecule has 1 aliphatic heterocycles.